The summed E-state index contributed by atoms with van der Waals surface area (Å²) in [5.74, 6) is -0.718. The van der Waals surface area contributed by atoms with E-state index < -0.39 is 10.0 Å². The van der Waals surface area contributed by atoms with Gasteiger partial charge in [-0.1, -0.05) is 23.7 Å². The molecule has 4 rings (SSSR count). The molecule has 0 bridgehead atoms. The van der Waals surface area contributed by atoms with E-state index in [1.807, 2.05) is 0 Å². The SMILES string of the molecule is CC(C)N1CCN(c2ccc(C(=O)NCc3ccc(F)cc3)cc2NS(=O)(=O)c2ccc(Cl)cc2)CC1. The van der Waals surface area contributed by atoms with Gasteiger partial charge in [-0.3, -0.25) is 14.4 Å². The largest absolute Gasteiger partial charge is 0.367 e. The highest BCUT2D eigenvalue weighted by Crippen LogP contribution is 2.31. The van der Waals surface area contributed by atoms with E-state index >= 15 is 0 Å². The number of carbonyl (C=O) groups is 1. The maximum absolute atomic E-state index is 13.2. The van der Waals surface area contributed by atoms with Gasteiger partial charge in [0.15, 0.2) is 0 Å². The van der Waals surface area contributed by atoms with Gasteiger partial charge in [-0.15, -0.1) is 0 Å². The van der Waals surface area contributed by atoms with Crippen molar-refractivity contribution in [3.05, 3.63) is 88.7 Å². The second-order valence-electron chi connectivity index (χ2n) is 9.22. The predicted molar refractivity (Wildman–Crippen MR) is 145 cm³/mol. The molecule has 1 aliphatic heterocycles. The molecular formula is C27H30ClFN4O3S. The highest BCUT2D eigenvalue weighted by Gasteiger charge is 2.24. The quantitative estimate of drug-likeness (QED) is 0.428. The van der Waals surface area contributed by atoms with Crippen LogP contribution in [0.5, 0.6) is 0 Å². The average Bonchev–Trinajstić information content (AvgIpc) is 2.88. The Hall–Kier alpha value is -3.14. The van der Waals surface area contributed by atoms with E-state index in [1.165, 1.54) is 36.4 Å². The molecule has 0 saturated carbocycles. The van der Waals surface area contributed by atoms with Gasteiger partial charge in [0.2, 0.25) is 0 Å². The van der Waals surface area contributed by atoms with Crippen molar-refractivity contribution in [3.8, 4) is 0 Å². The molecule has 0 spiro atoms. The van der Waals surface area contributed by atoms with Crippen LogP contribution >= 0.6 is 11.6 Å². The summed E-state index contributed by atoms with van der Waals surface area (Å²) < 4.78 is 42.2. The van der Waals surface area contributed by atoms with Crippen molar-refractivity contribution in [2.24, 2.45) is 0 Å². The first-order chi connectivity index (χ1) is 17.6. The van der Waals surface area contributed by atoms with Crippen LogP contribution in [0.1, 0.15) is 29.8 Å². The van der Waals surface area contributed by atoms with Crippen molar-refractivity contribution < 1.29 is 17.6 Å². The molecule has 1 amide bonds. The number of hydrogen-bond donors (Lipinski definition) is 2. The van der Waals surface area contributed by atoms with Gasteiger partial charge < -0.3 is 10.2 Å². The number of anilines is 2. The number of rotatable bonds is 8. The Morgan fingerprint density at radius 3 is 2.24 bits per heavy atom. The molecule has 2 N–H and O–H groups in total. The van der Waals surface area contributed by atoms with Crippen molar-refractivity contribution in [2.75, 3.05) is 35.8 Å². The first kappa shape index (κ1) is 26.9. The maximum Gasteiger partial charge on any atom is 0.261 e. The van der Waals surface area contributed by atoms with Gasteiger partial charge in [0, 0.05) is 49.4 Å². The second-order valence-corrected chi connectivity index (χ2v) is 11.3. The van der Waals surface area contributed by atoms with Gasteiger partial charge in [0.05, 0.1) is 16.3 Å². The third-order valence-electron chi connectivity index (χ3n) is 6.38. The van der Waals surface area contributed by atoms with Crippen LogP contribution in [0.4, 0.5) is 15.8 Å². The fraction of sp³-hybridized carbons (Fsp3) is 0.296. The number of nitrogens with one attached hydrogen (secondary N) is 2. The molecule has 1 fully saturated rings. The maximum atomic E-state index is 13.2. The lowest BCUT2D eigenvalue weighted by Crippen LogP contribution is -2.49. The Bertz CT molecular complexity index is 1340. The highest BCUT2D eigenvalue weighted by molar-refractivity contribution is 7.92. The number of piperazine rings is 1. The summed E-state index contributed by atoms with van der Waals surface area (Å²) in [6, 6.07) is 17.2. The number of hydrogen-bond acceptors (Lipinski definition) is 5. The second kappa shape index (κ2) is 11.5. The molecule has 3 aromatic carbocycles. The van der Waals surface area contributed by atoms with Crippen LogP contribution in [0.2, 0.25) is 5.02 Å². The summed E-state index contributed by atoms with van der Waals surface area (Å²) in [5, 5.41) is 3.24. The van der Waals surface area contributed by atoms with Gasteiger partial charge in [0.1, 0.15) is 5.82 Å². The molecule has 0 unspecified atom stereocenters. The van der Waals surface area contributed by atoms with E-state index in [2.05, 4.69) is 33.7 Å². The summed E-state index contributed by atoms with van der Waals surface area (Å²) in [6.07, 6.45) is 0. The number of sulfonamides is 1. The number of benzene rings is 3. The molecule has 0 aromatic heterocycles. The highest BCUT2D eigenvalue weighted by atomic mass is 35.5. The molecular weight excluding hydrogens is 515 g/mol. The third kappa shape index (κ3) is 6.80. The fourth-order valence-corrected chi connectivity index (χ4v) is 5.41. The number of carbonyl (C=O) groups excluding carboxylic acids is 1. The van der Waals surface area contributed by atoms with E-state index in [0.29, 0.717) is 28.0 Å². The van der Waals surface area contributed by atoms with Crippen LogP contribution in [0.3, 0.4) is 0 Å². The molecule has 0 atom stereocenters. The summed E-state index contributed by atoms with van der Waals surface area (Å²) in [4.78, 5) is 17.5. The van der Waals surface area contributed by atoms with Crippen LogP contribution in [0, 0.1) is 5.82 Å². The molecule has 196 valence electrons. The average molecular weight is 545 g/mol. The molecule has 37 heavy (non-hydrogen) atoms. The minimum Gasteiger partial charge on any atom is -0.367 e. The molecule has 10 heteroatoms. The van der Waals surface area contributed by atoms with Crippen LogP contribution < -0.4 is 14.9 Å². The Labute approximate surface area is 222 Å². The molecule has 3 aromatic rings. The van der Waals surface area contributed by atoms with Crippen LogP contribution in [0.15, 0.2) is 71.6 Å². The van der Waals surface area contributed by atoms with Crippen LogP contribution in [0.25, 0.3) is 0 Å². The van der Waals surface area contributed by atoms with Gasteiger partial charge >= 0.3 is 0 Å². The molecule has 1 heterocycles. The lowest BCUT2D eigenvalue weighted by molar-refractivity contribution is 0.0951. The smallest absolute Gasteiger partial charge is 0.261 e. The monoisotopic (exact) mass is 544 g/mol. The van der Waals surface area contributed by atoms with E-state index in [4.69, 9.17) is 11.6 Å². The first-order valence-electron chi connectivity index (χ1n) is 12.1. The normalized spacial score (nSPS) is 14.6. The van der Waals surface area contributed by atoms with Crippen molar-refractivity contribution >= 4 is 38.9 Å². The van der Waals surface area contributed by atoms with Crippen molar-refractivity contribution in [2.45, 2.75) is 31.3 Å². The summed E-state index contributed by atoms with van der Waals surface area (Å²) in [7, 11) is -3.93. The Morgan fingerprint density at radius 1 is 0.973 bits per heavy atom. The fourth-order valence-electron chi connectivity index (χ4n) is 4.22. The molecule has 0 radical (unpaired) electrons. The number of nitrogens with zero attached hydrogens (tertiary/aromatic N) is 2. The van der Waals surface area contributed by atoms with E-state index in [-0.39, 0.29) is 23.2 Å². The third-order valence-corrected chi connectivity index (χ3v) is 8.01. The summed E-state index contributed by atoms with van der Waals surface area (Å²) >= 11 is 5.93. The Balaban J connectivity index is 1.60. The van der Waals surface area contributed by atoms with E-state index in [1.54, 1.807) is 30.3 Å². The molecule has 0 aliphatic carbocycles. The molecule has 7 nitrogen and oxygen atoms in total. The zero-order valence-electron chi connectivity index (χ0n) is 20.7. The number of halogens is 2. The Kier molecular flexibility index (Phi) is 8.36. The Morgan fingerprint density at radius 2 is 1.62 bits per heavy atom. The molecule has 1 saturated heterocycles. The van der Waals surface area contributed by atoms with Gasteiger partial charge in [-0.05, 0) is 74.0 Å². The zero-order valence-corrected chi connectivity index (χ0v) is 22.3. The first-order valence-corrected chi connectivity index (χ1v) is 13.9. The summed E-state index contributed by atoms with van der Waals surface area (Å²) in [5.41, 5.74) is 2.08. The minimum atomic E-state index is -3.93. The van der Waals surface area contributed by atoms with Gasteiger partial charge in [-0.25, -0.2) is 12.8 Å². The molecule has 1 aliphatic rings. The zero-order chi connectivity index (χ0) is 26.6. The lowest BCUT2D eigenvalue weighted by Gasteiger charge is -2.38. The van der Waals surface area contributed by atoms with E-state index in [0.717, 1.165) is 31.7 Å². The minimum absolute atomic E-state index is 0.0682. The van der Waals surface area contributed by atoms with Crippen LogP contribution in [-0.2, 0) is 16.6 Å². The van der Waals surface area contributed by atoms with E-state index in [9.17, 15) is 17.6 Å². The number of amides is 1. The topological polar surface area (TPSA) is 81.8 Å². The standard InChI is InChI=1S/C27H30ClFN4O3S/c1-19(2)32-13-15-33(16-14-32)26-12-5-21(27(34)30-18-20-3-8-23(29)9-4-20)17-25(26)31-37(35,36)24-10-6-22(28)7-11-24/h3-12,17,19,31H,13-16,18H2,1-2H3,(H,30,34). The van der Waals surface area contributed by atoms with Gasteiger partial charge in [0.25, 0.3) is 15.9 Å². The summed E-state index contributed by atoms with van der Waals surface area (Å²) in [6.45, 7) is 7.67. The van der Waals surface area contributed by atoms with Gasteiger partial charge in [-0.2, -0.15) is 0 Å². The van der Waals surface area contributed by atoms with Crippen molar-refractivity contribution in [1.82, 2.24) is 10.2 Å². The lowest BCUT2D eigenvalue weighted by atomic mass is 10.1. The van der Waals surface area contributed by atoms with Crippen LogP contribution in [-0.4, -0.2) is 51.4 Å². The van der Waals surface area contributed by atoms with Crippen molar-refractivity contribution in [1.29, 1.82) is 0 Å². The predicted octanol–water partition coefficient (Wildman–Crippen LogP) is 4.74. The van der Waals surface area contributed by atoms with Crippen molar-refractivity contribution in [3.63, 3.8) is 0 Å².